The van der Waals surface area contributed by atoms with Crippen LogP contribution in [-0.4, -0.2) is 29.7 Å². The minimum Gasteiger partial charge on any atom is -0.465 e. The SMILES string of the molecule is COC(=O)c1ccc(/C=C2/C(=O)N(c3nc(-c4cccc(C(F)(F)F)c4)cs3)N=C2C)cc1. The molecule has 2 heterocycles. The van der Waals surface area contributed by atoms with Gasteiger partial charge in [-0.15, -0.1) is 11.3 Å². The molecule has 0 unspecified atom stereocenters. The Morgan fingerprint density at radius 1 is 1.15 bits per heavy atom. The van der Waals surface area contributed by atoms with Crippen molar-refractivity contribution in [2.75, 3.05) is 12.1 Å². The van der Waals surface area contributed by atoms with Gasteiger partial charge in [-0.3, -0.25) is 4.79 Å². The fraction of sp³-hybridized carbons (Fsp3) is 0.130. The third-order valence-corrected chi connectivity index (χ3v) is 5.68. The zero-order chi connectivity index (χ0) is 23.8. The second-order valence-corrected chi connectivity index (χ2v) is 7.90. The number of carbonyl (C=O) groups excluding carboxylic acids is 2. The number of nitrogens with zero attached hydrogens (tertiary/aromatic N) is 3. The third-order valence-electron chi connectivity index (χ3n) is 4.86. The van der Waals surface area contributed by atoms with E-state index in [1.807, 2.05) is 0 Å². The second kappa shape index (κ2) is 8.62. The van der Waals surface area contributed by atoms with E-state index in [9.17, 15) is 22.8 Å². The molecule has 3 aromatic rings. The highest BCUT2D eigenvalue weighted by molar-refractivity contribution is 7.14. The Bertz CT molecular complexity index is 1290. The maximum absolute atomic E-state index is 13.0. The minimum absolute atomic E-state index is 0.246. The van der Waals surface area contributed by atoms with Crippen molar-refractivity contribution < 1.29 is 27.5 Å². The van der Waals surface area contributed by atoms with Crippen molar-refractivity contribution in [3.05, 3.63) is 76.2 Å². The standard InChI is InChI=1S/C23H16F3N3O3S/c1-13-18(10-14-6-8-15(9-7-14)21(31)32-2)20(30)29(28-13)22-27-19(12-33-22)16-4-3-5-17(11-16)23(24,25)26/h3-12H,1-2H3/b18-10+. The molecule has 0 atom stereocenters. The first-order valence-electron chi connectivity index (χ1n) is 9.60. The van der Waals surface area contributed by atoms with E-state index in [1.165, 1.54) is 19.2 Å². The van der Waals surface area contributed by atoms with Crippen LogP contribution in [0, 0.1) is 0 Å². The highest BCUT2D eigenvalue weighted by Crippen LogP contribution is 2.35. The average molecular weight is 471 g/mol. The van der Waals surface area contributed by atoms with Gasteiger partial charge in [-0.1, -0.05) is 24.3 Å². The molecule has 0 fully saturated rings. The number of rotatable bonds is 4. The Hall–Kier alpha value is -3.79. The molecule has 0 aliphatic carbocycles. The number of thiazole rings is 1. The van der Waals surface area contributed by atoms with Gasteiger partial charge in [0.05, 0.1) is 35.2 Å². The Labute approximate surface area is 190 Å². The van der Waals surface area contributed by atoms with Crippen molar-refractivity contribution in [2.45, 2.75) is 13.1 Å². The number of anilines is 1. The summed E-state index contributed by atoms with van der Waals surface area (Å²) in [5.74, 6) is -0.870. The molecule has 4 rings (SSSR count). The molecule has 1 aliphatic rings. The Morgan fingerprint density at radius 3 is 2.55 bits per heavy atom. The lowest BCUT2D eigenvalue weighted by atomic mass is 10.1. The number of benzene rings is 2. The first-order chi connectivity index (χ1) is 15.7. The summed E-state index contributed by atoms with van der Waals surface area (Å²) in [4.78, 5) is 28.8. The average Bonchev–Trinajstić information content (AvgIpc) is 3.39. The molecule has 0 saturated heterocycles. The van der Waals surface area contributed by atoms with Gasteiger partial charge < -0.3 is 4.74 Å². The number of aromatic nitrogens is 1. The van der Waals surface area contributed by atoms with Crippen molar-refractivity contribution in [1.29, 1.82) is 0 Å². The molecule has 1 aromatic heterocycles. The lowest BCUT2D eigenvalue weighted by Crippen LogP contribution is -2.21. The Morgan fingerprint density at radius 2 is 1.88 bits per heavy atom. The summed E-state index contributed by atoms with van der Waals surface area (Å²) in [6.45, 7) is 1.67. The van der Waals surface area contributed by atoms with E-state index in [-0.39, 0.29) is 5.13 Å². The van der Waals surface area contributed by atoms with Gasteiger partial charge in [0, 0.05) is 10.9 Å². The quantitative estimate of drug-likeness (QED) is 0.376. The Balaban J connectivity index is 1.58. The smallest absolute Gasteiger partial charge is 0.416 e. The molecule has 0 spiro atoms. The van der Waals surface area contributed by atoms with Crippen molar-refractivity contribution in [3.63, 3.8) is 0 Å². The molecule has 0 radical (unpaired) electrons. The normalized spacial score (nSPS) is 15.2. The summed E-state index contributed by atoms with van der Waals surface area (Å²) in [7, 11) is 1.29. The first kappa shape index (κ1) is 22.4. The van der Waals surface area contributed by atoms with Crippen LogP contribution in [0.5, 0.6) is 0 Å². The van der Waals surface area contributed by atoms with Gasteiger partial charge in [0.1, 0.15) is 0 Å². The van der Waals surface area contributed by atoms with Crippen LogP contribution in [0.3, 0.4) is 0 Å². The van der Waals surface area contributed by atoms with Gasteiger partial charge in [-0.05, 0) is 42.8 Å². The highest BCUT2D eigenvalue weighted by Gasteiger charge is 2.32. The van der Waals surface area contributed by atoms with Crippen LogP contribution in [0.1, 0.15) is 28.4 Å². The van der Waals surface area contributed by atoms with Crippen molar-refractivity contribution >= 4 is 40.1 Å². The molecule has 10 heteroatoms. The minimum atomic E-state index is -4.46. The molecule has 33 heavy (non-hydrogen) atoms. The number of ether oxygens (including phenoxy) is 1. The number of hydrogen-bond donors (Lipinski definition) is 0. The molecule has 0 bridgehead atoms. The zero-order valence-electron chi connectivity index (χ0n) is 17.4. The van der Waals surface area contributed by atoms with Gasteiger partial charge in [0.25, 0.3) is 5.91 Å². The molecular weight excluding hydrogens is 455 g/mol. The number of esters is 1. The van der Waals surface area contributed by atoms with Crippen LogP contribution in [0.25, 0.3) is 17.3 Å². The van der Waals surface area contributed by atoms with Crippen molar-refractivity contribution in [2.24, 2.45) is 5.10 Å². The fourth-order valence-electron chi connectivity index (χ4n) is 3.16. The van der Waals surface area contributed by atoms with Gasteiger partial charge in [0.2, 0.25) is 5.13 Å². The largest absolute Gasteiger partial charge is 0.465 e. The molecule has 0 N–H and O–H groups in total. The van der Waals surface area contributed by atoms with E-state index in [1.54, 1.807) is 42.6 Å². The molecule has 1 aliphatic heterocycles. The summed E-state index contributed by atoms with van der Waals surface area (Å²) in [5.41, 5.74) is 1.72. The number of hydrazone groups is 1. The molecule has 168 valence electrons. The number of hydrogen-bond acceptors (Lipinski definition) is 6. The molecule has 6 nitrogen and oxygen atoms in total. The molecule has 1 amide bonds. The predicted molar refractivity (Wildman–Crippen MR) is 119 cm³/mol. The summed E-state index contributed by atoms with van der Waals surface area (Å²) in [6, 6.07) is 11.4. The van der Waals surface area contributed by atoms with Crippen LogP contribution in [0.4, 0.5) is 18.3 Å². The zero-order valence-corrected chi connectivity index (χ0v) is 18.2. The van der Waals surface area contributed by atoms with Crippen LogP contribution in [-0.2, 0) is 15.7 Å². The number of methoxy groups -OCH3 is 1. The summed E-state index contributed by atoms with van der Waals surface area (Å²) in [6.07, 6.45) is -2.82. The van der Waals surface area contributed by atoms with E-state index in [2.05, 4.69) is 14.8 Å². The first-order valence-corrected chi connectivity index (χ1v) is 10.5. The highest BCUT2D eigenvalue weighted by atomic mass is 32.1. The van der Waals surface area contributed by atoms with Gasteiger partial charge >= 0.3 is 12.1 Å². The van der Waals surface area contributed by atoms with E-state index in [0.29, 0.717) is 33.7 Å². The lowest BCUT2D eigenvalue weighted by molar-refractivity contribution is -0.137. The molecule has 2 aromatic carbocycles. The topological polar surface area (TPSA) is 71.9 Å². The summed E-state index contributed by atoms with van der Waals surface area (Å²) < 4.78 is 43.7. The van der Waals surface area contributed by atoms with Gasteiger partial charge in [0.15, 0.2) is 0 Å². The van der Waals surface area contributed by atoms with Crippen LogP contribution in [0.15, 0.2) is 64.6 Å². The fourth-order valence-corrected chi connectivity index (χ4v) is 3.94. The van der Waals surface area contributed by atoms with E-state index < -0.39 is 23.6 Å². The van der Waals surface area contributed by atoms with Crippen LogP contribution < -0.4 is 5.01 Å². The number of amides is 1. The number of alkyl halides is 3. The van der Waals surface area contributed by atoms with Gasteiger partial charge in [-0.2, -0.15) is 23.3 Å². The number of carbonyl (C=O) groups is 2. The van der Waals surface area contributed by atoms with Crippen LogP contribution >= 0.6 is 11.3 Å². The van der Waals surface area contributed by atoms with Gasteiger partial charge in [-0.25, -0.2) is 9.78 Å². The Kier molecular flexibility index (Phi) is 5.86. The summed E-state index contributed by atoms with van der Waals surface area (Å²) >= 11 is 1.10. The van der Waals surface area contributed by atoms with E-state index in [4.69, 9.17) is 0 Å². The van der Waals surface area contributed by atoms with E-state index >= 15 is 0 Å². The second-order valence-electron chi connectivity index (χ2n) is 7.07. The lowest BCUT2D eigenvalue weighted by Gasteiger charge is -2.08. The molecular formula is C23H16F3N3O3S. The third kappa shape index (κ3) is 4.56. The van der Waals surface area contributed by atoms with Crippen molar-refractivity contribution in [1.82, 2.24) is 4.98 Å². The van der Waals surface area contributed by atoms with Crippen molar-refractivity contribution in [3.8, 4) is 11.3 Å². The van der Waals surface area contributed by atoms with Crippen LogP contribution in [0.2, 0.25) is 0 Å². The monoisotopic (exact) mass is 471 g/mol. The maximum Gasteiger partial charge on any atom is 0.416 e. The predicted octanol–water partition coefficient (Wildman–Crippen LogP) is 5.42. The van der Waals surface area contributed by atoms with E-state index in [0.717, 1.165) is 28.5 Å². The summed E-state index contributed by atoms with van der Waals surface area (Å²) in [5, 5.41) is 7.22. The number of halogens is 3. The maximum atomic E-state index is 13.0. The molecule has 0 saturated carbocycles.